The minimum atomic E-state index is -3.89. The van der Waals surface area contributed by atoms with Crippen LogP contribution in [0.15, 0.2) is 78.9 Å². The van der Waals surface area contributed by atoms with E-state index in [9.17, 15) is 22.8 Å². The van der Waals surface area contributed by atoms with E-state index >= 15 is 0 Å². The van der Waals surface area contributed by atoms with E-state index in [1.54, 1.807) is 11.8 Å². The summed E-state index contributed by atoms with van der Waals surface area (Å²) in [5.74, 6) is -1.51. The van der Waals surface area contributed by atoms with Crippen molar-refractivity contribution in [3.63, 3.8) is 0 Å². The van der Waals surface area contributed by atoms with Crippen LogP contribution in [-0.2, 0) is 30.8 Å². The minimum Gasteiger partial charge on any atom is -0.465 e. The first kappa shape index (κ1) is 35.0. The van der Waals surface area contributed by atoms with Crippen LogP contribution in [0, 0.1) is 17.3 Å². The molecule has 52 heavy (non-hydrogen) atoms. The highest BCUT2D eigenvalue weighted by atomic mass is 32.2. The summed E-state index contributed by atoms with van der Waals surface area (Å²) < 4.78 is 35.2. The molecule has 5 atom stereocenters. The topological polar surface area (TPSA) is 123 Å². The third-order valence-electron chi connectivity index (χ3n) is 11.8. The number of nitrogens with one attached hydrogen (secondary N) is 1. The van der Waals surface area contributed by atoms with Crippen LogP contribution in [-0.4, -0.2) is 59.3 Å². The summed E-state index contributed by atoms with van der Waals surface area (Å²) in [5.41, 5.74) is 0.732. The van der Waals surface area contributed by atoms with Crippen LogP contribution in [0.3, 0.4) is 0 Å². The third kappa shape index (κ3) is 6.89. The van der Waals surface area contributed by atoms with Gasteiger partial charge in [0, 0.05) is 18.8 Å². The molecule has 4 aliphatic rings. The smallest absolute Gasteiger partial charge is 0.274 e. The molecule has 0 unspecified atom stereocenters. The predicted molar refractivity (Wildman–Crippen MR) is 202 cm³/mol. The first-order valence-electron chi connectivity index (χ1n) is 18.6. The van der Waals surface area contributed by atoms with Gasteiger partial charge in [-0.2, -0.15) is 0 Å². The van der Waals surface area contributed by atoms with Gasteiger partial charge in [0.25, 0.3) is 5.19 Å². The molecular weight excluding hydrogens is 695 g/mol. The van der Waals surface area contributed by atoms with Gasteiger partial charge in [0.2, 0.25) is 21.8 Å². The Morgan fingerprint density at radius 3 is 2.62 bits per heavy atom. The SMILES string of the molecule is CC1(S(=O)(=O)NC(=O)[C@]23CC(=O)[C@@H]4C[C@@H](Oc5nc6ccccc6s5)CN4C(=O)[C@@H](Cc4ccc5ccccc5c4)CCCCC/C=C\[C@@H]2C3)CC1. The number of aromatic nitrogens is 1. The molecule has 3 aromatic carbocycles. The molecule has 1 aromatic heterocycles. The molecule has 2 aliphatic heterocycles. The highest BCUT2D eigenvalue weighted by molar-refractivity contribution is 7.91. The van der Waals surface area contributed by atoms with E-state index in [1.807, 2.05) is 42.5 Å². The molecule has 1 saturated heterocycles. The van der Waals surface area contributed by atoms with Gasteiger partial charge in [0.1, 0.15) is 6.10 Å². The number of sulfonamides is 1. The van der Waals surface area contributed by atoms with E-state index < -0.39 is 38.2 Å². The molecule has 0 radical (unpaired) electrons. The Labute approximate surface area is 308 Å². The number of hydrogen-bond acceptors (Lipinski definition) is 8. The number of allylic oxidation sites excluding steroid dienone is 2. The van der Waals surface area contributed by atoms with E-state index in [0.29, 0.717) is 37.3 Å². The Balaban J connectivity index is 1.10. The zero-order chi connectivity index (χ0) is 36.1. The Kier molecular flexibility index (Phi) is 9.22. The number of Topliss-reactive ketones (excluding diaryl/α,β-unsaturated/α-hetero) is 1. The van der Waals surface area contributed by atoms with Crippen molar-refractivity contribution in [3.8, 4) is 5.19 Å². The van der Waals surface area contributed by atoms with Gasteiger partial charge in [-0.1, -0.05) is 90.9 Å². The summed E-state index contributed by atoms with van der Waals surface area (Å²) in [6, 6.07) is 21.5. The number of fused-ring (bicyclic) bond motifs is 4. The van der Waals surface area contributed by atoms with Crippen molar-refractivity contribution in [2.45, 2.75) is 94.4 Å². The van der Waals surface area contributed by atoms with Crippen molar-refractivity contribution in [1.29, 1.82) is 0 Å². The quantitative estimate of drug-likeness (QED) is 0.200. The molecule has 4 aromatic rings. The third-order valence-corrected chi connectivity index (χ3v) is 14.9. The Morgan fingerprint density at radius 1 is 1.02 bits per heavy atom. The van der Waals surface area contributed by atoms with Gasteiger partial charge >= 0.3 is 0 Å². The zero-order valence-electron chi connectivity index (χ0n) is 29.5. The summed E-state index contributed by atoms with van der Waals surface area (Å²) >= 11 is 1.43. The van der Waals surface area contributed by atoms with Crippen molar-refractivity contribution in [2.24, 2.45) is 17.3 Å². The van der Waals surface area contributed by atoms with E-state index in [2.05, 4.69) is 46.1 Å². The Bertz CT molecular complexity index is 2140. The maximum absolute atomic E-state index is 14.8. The standard InChI is InChI=1S/C41H45N3O6S2/c1-40(19-20-40)52(48,49)43-38(47)41-24-31(41)14-6-4-2-3-5-13-30(22-27-17-18-28-11-7-8-12-29(28)21-27)37(46)44-26-32(23-34(44)35(45)25-41)50-39-42-33-15-9-10-16-36(33)51-39/h6-12,14-18,21,30-32,34H,2-5,13,19-20,22-26H2,1H3,(H,43,47)/b14-6-/t30-,31-,32-,34+,41-/m1/s1. The highest BCUT2D eigenvalue weighted by Gasteiger charge is 2.62. The van der Waals surface area contributed by atoms with Crippen LogP contribution < -0.4 is 9.46 Å². The maximum atomic E-state index is 14.8. The minimum absolute atomic E-state index is 0.0787. The number of amides is 2. The molecule has 0 bridgehead atoms. The van der Waals surface area contributed by atoms with Crippen LogP contribution in [0.2, 0.25) is 0 Å². The van der Waals surface area contributed by atoms with E-state index in [1.165, 1.54) is 11.3 Å². The summed E-state index contributed by atoms with van der Waals surface area (Å²) in [5, 5.41) is 2.75. The molecular formula is C41H45N3O6S2. The monoisotopic (exact) mass is 739 g/mol. The number of ketones is 1. The predicted octanol–water partition coefficient (Wildman–Crippen LogP) is 7.14. The maximum Gasteiger partial charge on any atom is 0.274 e. The van der Waals surface area contributed by atoms with Crippen molar-refractivity contribution in [1.82, 2.24) is 14.6 Å². The van der Waals surface area contributed by atoms with Crippen LogP contribution in [0.5, 0.6) is 5.19 Å². The fourth-order valence-corrected chi connectivity index (χ4v) is 10.3. The van der Waals surface area contributed by atoms with Crippen molar-refractivity contribution in [2.75, 3.05) is 6.54 Å². The fraction of sp³-hybridized carbons (Fsp3) is 0.463. The summed E-state index contributed by atoms with van der Waals surface area (Å²) in [4.78, 5) is 49.5. The van der Waals surface area contributed by atoms with Gasteiger partial charge in [0.05, 0.1) is 33.0 Å². The number of ether oxygens (including phenoxy) is 1. The van der Waals surface area contributed by atoms with Gasteiger partial charge in [-0.25, -0.2) is 13.4 Å². The molecule has 2 aliphatic carbocycles. The molecule has 0 spiro atoms. The van der Waals surface area contributed by atoms with Crippen molar-refractivity contribution < 1.29 is 27.5 Å². The van der Waals surface area contributed by atoms with Crippen molar-refractivity contribution >= 4 is 59.9 Å². The summed E-state index contributed by atoms with van der Waals surface area (Å²) in [6.45, 7) is 1.88. The average Bonchev–Trinajstić information content (AvgIpc) is 3.94. The van der Waals surface area contributed by atoms with Gasteiger partial charge < -0.3 is 9.64 Å². The van der Waals surface area contributed by atoms with E-state index in [-0.39, 0.29) is 42.9 Å². The fourth-order valence-electron chi connectivity index (χ4n) is 8.11. The van der Waals surface area contributed by atoms with Crippen LogP contribution in [0.1, 0.15) is 76.7 Å². The second kappa shape index (κ2) is 13.7. The lowest BCUT2D eigenvalue weighted by molar-refractivity contribution is -0.142. The number of carbonyl (C=O) groups excluding carboxylic acids is 3. The highest BCUT2D eigenvalue weighted by Crippen LogP contribution is 2.57. The van der Waals surface area contributed by atoms with Gasteiger partial charge in [-0.3, -0.25) is 19.1 Å². The average molecular weight is 740 g/mol. The summed E-state index contributed by atoms with van der Waals surface area (Å²) in [6.07, 6.45) is 9.97. The molecule has 2 amide bonds. The number of thiazole rings is 1. The molecule has 3 heterocycles. The number of benzene rings is 3. The van der Waals surface area contributed by atoms with E-state index in [4.69, 9.17) is 4.74 Å². The zero-order valence-corrected chi connectivity index (χ0v) is 31.1. The van der Waals surface area contributed by atoms with Gasteiger partial charge in [-0.05, 0) is 86.3 Å². The second-order valence-electron chi connectivity index (χ2n) is 15.6. The number of hydrogen-bond donors (Lipinski definition) is 1. The lowest BCUT2D eigenvalue weighted by Crippen LogP contribution is -2.47. The Hall–Kier alpha value is -4.09. The molecule has 8 rings (SSSR count). The summed E-state index contributed by atoms with van der Waals surface area (Å²) in [7, 11) is -3.89. The first-order valence-corrected chi connectivity index (χ1v) is 20.9. The van der Waals surface area contributed by atoms with Crippen LogP contribution >= 0.6 is 11.3 Å². The Morgan fingerprint density at radius 2 is 1.81 bits per heavy atom. The molecule has 11 heteroatoms. The number of nitrogens with zero attached hydrogens (tertiary/aromatic N) is 2. The van der Waals surface area contributed by atoms with Crippen LogP contribution in [0.25, 0.3) is 21.0 Å². The molecule has 3 fully saturated rings. The number of para-hydroxylation sites is 1. The molecule has 9 nitrogen and oxygen atoms in total. The lowest BCUT2D eigenvalue weighted by Gasteiger charge is -2.29. The molecule has 1 N–H and O–H groups in total. The largest absolute Gasteiger partial charge is 0.465 e. The molecule has 2 saturated carbocycles. The molecule has 272 valence electrons. The van der Waals surface area contributed by atoms with Gasteiger partial charge in [-0.15, -0.1) is 0 Å². The normalized spacial score (nSPS) is 28.4. The first-order chi connectivity index (χ1) is 25.0. The second-order valence-corrected chi connectivity index (χ2v) is 18.8. The number of rotatable bonds is 7. The number of carbonyl (C=O) groups is 3. The van der Waals surface area contributed by atoms with E-state index in [0.717, 1.165) is 52.2 Å². The van der Waals surface area contributed by atoms with Gasteiger partial charge in [0.15, 0.2) is 5.78 Å². The van der Waals surface area contributed by atoms with Crippen molar-refractivity contribution in [3.05, 3.63) is 84.4 Å². The van der Waals surface area contributed by atoms with Crippen LogP contribution in [0.4, 0.5) is 0 Å². The lowest BCUT2D eigenvalue weighted by atomic mass is 9.89.